The lowest BCUT2D eigenvalue weighted by Gasteiger charge is -2.26. The van der Waals surface area contributed by atoms with Crippen LogP contribution in [0.5, 0.6) is 0 Å². The van der Waals surface area contributed by atoms with Crippen molar-refractivity contribution in [1.82, 2.24) is 9.55 Å². The second kappa shape index (κ2) is 3.50. The van der Waals surface area contributed by atoms with Gasteiger partial charge in [0.2, 0.25) is 0 Å². The zero-order chi connectivity index (χ0) is 9.26. The molecule has 1 aromatic rings. The van der Waals surface area contributed by atoms with Crippen molar-refractivity contribution < 1.29 is 5.11 Å². The van der Waals surface area contributed by atoms with Crippen molar-refractivity contribution in [3.8, 4) is 0 Å². The van der Waals surface area contributed by atoms with Crippen molar-refractivity contribution in [2.45, 2.75) is 37.7 Å². The van der Waals surface area contributed by atoms with Crippen molar-refractivity contribution in [1.29, 1.82) is 0 Å². The Balaban J connectivity index is 2.19. The van der Waals surface area contributed by atoms with Gasteiger partial charge in [0.25, 0.3) is 0 Å². The Morgan fingerprint density at radius 2 is 2.23 bits per heavy atom. The van der Waals surface area contributed by atoms with E-state index < -0.39 is 0 Å². The lowest BCUT2D eigenvalue weighted by Crippen LogP contribution is -2.24. The van der Waals surface area contributed by atoms with E-state index in [4.69, 9.17) is 0 Å². The largest absolute Gasteiger partial charge is 0.392 e. The van der Waals surface area contributed by atoms with Gasteiger partial charge in [-0.15, -0.1) is 0 Å². The Labute approximate surface area is 78.4 Å². The van der Waals surface area contributed by atoms with Crippen LogP contribution in [0.25, 0.3) is 0 Å². The molecule has 72 valence electrons. The average Bonchev–Trinajstić information content (AvgIpc) is 2.52. The van der Waals surface area contributed by atoms with Crippen LogP contribution in [0.15, 0.2) is 12.4 Å². The SMILES string of the molecule is Cn1ccnc1[C@@H]1CCCC[C@@H]1O. The van der Waals surface area contributed by atoms with Gasteiger partial charge >= 0.3 is 0 Å². The van der Waals surface area contributed by atoms with Crippen LogP contribution in [0.2, 0.25) is 0 Å². The maximum atomic E-state index is 9.81. The number of hydrogen-bond acceptors (Lipinski definition) is 2. The molecule has 1 aliphatic carbocycles. The number of aliphatic hydroxyl groups excluding tert-OH is 1. The van der Waals surface area contributed by atoms with E-state index in [1.54, 1.807) is 6.20 Å². The predicted molar refractivity (Wildman–Crippen MR) is 50.4 cm³/mol. The summed E-state index contributed by atoms with van der Waals surface area (Å²) in [4.78, 5) is 4.29. The van der Waals surface area contributed by atoms with Crippen molar-refractivity contribution in [3.05, 3.63) is 18.2 Å². The Morgan fingerprint density at radius 1 is 1.46 bits per heavy atom. The third-order valence-electron chi connectivity index (χ3n) is 2.92. The van der Waals surface area contributed by atoms with Crippen molar-refractivity contribution in [2.24, 2.45) is 7.05 Å². The van der Waals surface area contributed by atoms with Gasteiger partial charge in [-0.1, -0.05) is 12.8 Å². The molecule has 13 heavy (non-hydrogen) atoms. The summed E-state index contributed by atoms with van der Waals surface area (Å²) in [6, 6.07) is 0. The van der Waals surface area contributed by atoms with E-state index in [2.05, 4.69) is 4.98 Å². The highest BCUT2D eigenvalue weighted by Gasteiger charge is 2.27. The van der Waals surface area contributed by atoms with E-state index in [0.717, 1.165) is 25.1 Å². The van der Waals surface area contributed by atoms with E-state index in [1.165, 1.54) is 6.42 Å². The minimum atomic E-state index is -0.185. The molecule has 2 rings (SSSR count). The molecule has 0 aromatic carbocycles. The van der Waals surface area contributed by atoms with E-state index >= 15 is 0 Å². The van der Waals surface area contributed by atoms with Gasteiger partial charge in [0.1, 0.15) is 5.82 Å². The number of hydrogen-bond donors (Lipinski definition) is 1. The van der Waals surface area contributed by atoms with Crippen LogP contribution in [0.4, 0.5) is 0 Å². The molecular formula is C10H16N2O. The summed E-state index contributed by atoms with van der Waals surface area (Å²) in [6.07, 6.45) is 7.93. The molecule has 1 aliphatic rings. The van der Waals surface area contributed by atoms with Gasteiger partial charge in [-0.3, -0.25) is 0 Å². The molecule has 1 saturated carbocycles. The molecule has 0 amide bonds. The molecule has 0 bridgehead atoms. The lowest BCUT2D eigenvalue weighted by molar-refractivity contribution is 0.101. The van der Waals surface area contributed by atoms with Crippen LogP contribution >= 0.6 is 0 Å². The smallest absolute Gasteiger partial charge is 0.114 e. The van der Waals surface area contributed by atoms with Crippen molar-refractivity contribution in [2.75, 3.05) is 0 Å². The van der Waals surface area contributed by atoms with Gasteiger partial charge in [-0.05, 0) is 12.8 Å². The molecule has 0 saturated heterocycles. The molecule has 1 aromatic heterocycles. The Bertz CT molecular complexity index is 282. The maximum Gasteiger partial charge on any atom is 0.114 e. The number of aromatic nitrogens is 2. The molecule has 1 heterocycles. The topological polar surface area (TPSA) is 38.0 Å². The summed E-state index contributed by atoms with van der Waals surface area (Å²) in [7, 11) is 1.99. The monoisotopic (exact) mass is 180 g/mol. The second-order valence-electron chi connectivity index (χ2n) is 3.85. The molecule has 0 aliphatic heterocycles. The second-order valence-corrected chi connectivity index (χ2v) is 3.85. The van der Waals surface area contributed by atoms with Crippen LogP contribution in [0.1, 0.15) is 37.4 Å². The van der Waals surface area contributed by atoms with Gasteiger partial charge in [0.15, 0.2) is 0 Å². The fourth-order valence-electron chi connectivity index (χ4n) is 2.15. The van der Waals surface area contributed by atoms with Crippen LogP contribution in [0, 0.1) is 0 Å². The molecule has 0 spiro atoms. The lowest BCUT2D eigenvalue weighted by atomic mass is 9.86. The summed E-state index contributed by atoms with van der Waals surface area (Å²) in [5.41, 5.74) is 0. The number of aryl methyl sites for hydroxylation is 1. The number of imidazole rings is 1. The maximum absolute atomic E-state index is 9.81. The summed E-state index contributed by atoms with van der Waals surface area (Å²) < 4.78 is 2.01. The Morgan fingerprint density at radius 3 is 2.85 bits per heavy atom. The molecule has 0 unspecified atom stereocenters. The third kappa shape index (κ3) is 1.61. The predicted octanol–water partition coefficient (Wildman–Crippen LogP) is 1.44. The fraction of sp³-hybridized carbons (Fsp3) is 0.700. The highest BCUT2D eigenvalue weighted by molar-refractivity contribution is 5.03. The highest BCUT2D eigenvalue weighted by atomic mass is 16.3. The van der Waals surface area contributed by atoms with E-state index in [0.29, 0.717) is 0 Å². The van der Waals surface area contributed by atoms with Crippen molar-refractivity contribution in [3.63, 3.8) is 0 Å². The zero-order valence-corrected chi connectivity index (χ0v) is 7.98. The first-order chi connectivity index (χ1) is 6.29. The molecule has 2 atom stereocenters. The molecule has 3 nitrogen and oxygen atoms in total. The third-order valence-corrected chi connectivity index (χ3v) is 2.92. The highest BCUT2D eigenvalue weighted by Crippen LogP contribution is 2.31. The standard InChI is InChI=1S/C10H16N2O/c1-12-7-6-11-10(12)8-4-2-3-5-9(8)13/h6-9,13H,2-5H2,1H3/t8-,9+/m1/s1. The van der Waals surface area contributed by atoms with Crippen LogP contribution in [-0.4, -0.2) is 20.8 Å². The van der Waals surface area contributed by atoms with Crippen LogP contribution < -0.4 is 0 Å². The molecule has 0 radical (unpaired) electrons. The fourth-order valence-corrected chi connectivity index (χ4v) is 2.15. The number of aliphatic hydroxyl groups is 1. The first-order valence-corrected chi connectivity index (χ1v) is 4.94. The Hall–Kier alpha value is -0.830. The Kier molecular flexibility index (Phi) is 2.36. The van der Waals surface area contributed by atoms with Gasteiger partial charge < -0.3 is 9.67 Å². The molecule has 1 fully saturated rings. The number of rotatable bonds is 1. The first-order valence-electron chi connectivity index (χ1n) is 4.94. The summed E-state index contributed by atoms with van der Waals surface area (Å²) in [5.74, 6) is 1.29. The molecule has 1 N–H and O–H groups in total. The summed E-state index contributed by atoms with van der Waals surface area (Å²) in [6.45, 7) is 0. The quantitative estimate of drug-likeness (QED) is 0.710. The van der Waals surface area contributed by atoms with Crippen LogP contribution in [-0.2, 0) is 7.05 Å². The summed E-state index contributed by atoms with van der Waals surface area (Å²) >= 11 is 0. The first kappa shape index (κ1) is 8.75. The van der Waals surface area contributed by atoms with Gasteiger partial charge in [0.05, 0.1) is 6.10 Å². The normalized spacial score (nSPS) is 29.1. The summed E-state index contributed by atoms with van der Waals surface area (Å²) in [5, 5.41) is 9.81. The van der Waals surface area contributed by atoms with Gasteiger partial charge in [-0.2, -0.15) is 0 Å². The van der Waals surface area contributed by atoms with Gasteiger partial charge in [-0.25, -0.2) is 4.98 Å². The average molecular weight is 180 g/mol. The zero-order valence-electron chi connectivity index (χ0n) is 7.98. The van der Waals surface area contributed by atoms with Crippen molar-refractivity contribution >= 4 is 0 Å². The molecular weight excluding hydrogens is 164 g/mol. The van der Waals surface area contributed by atoms with E-state index in [9.17, 15) is 5.11 Å². The minimum absolute atomic E-state index is 0.185. The molecule has 3 heteroatoms. The van der Waals surface area contributed by atoms with E-state index in [1.807, 2.05) is 17.8 Å². The van der Waals surface area contributed by atoms with Crippen LogP contribution in [0.3, 0.4) is 0 Å². The minimum Gasteiger partial charge on any atom is -0.392 e. The van der Waals surface area contributed by atoms with Gasteiger partial charge in [0, 0.05) is 25.4 Å². The number of nitrogens with zero attached hydrogens (tertiary/aromatic N) is 2. The van der Waals surface area contributed by atoms with E-state index in [-0.39, 0.29) is 12.0 Å².